The molecule has 4 nitrogen and oxygen atoms in total. The SMILES string of the molecule is Cc1cc(Oc2ccc(C(=N)N)cn2)cc(C)c1Cl. The van der Waals surface area contributed by atoms with Gasteiger partial charge in [0.2, 0.25) is 5.88 Å². The molecule has 2 rings (SSSR count). The molecule has 0 aliphatic rings. The van der Waals surface area contributed by atoms with Crippen LogP contribution in [0.5, 0.6) is 11.6 Å². The number of nitrogens with one attached hydrogen (secondary N) is 1. The molecule has 0 aliphatic carbocycles. The van der Waals surface area contributed by atoms with Gasteiger partial charge in [0.25, 0.3) is 0 Å². The van der Waals surface area contributed by atoms with Crippen LogP contribution in [0, 0.1) is 19.3 Å². The molecule has 0 saturated heterocycles. The van der Waals surface area contributed by atoms with E-state index >= 15 is 0 Å². The number of halogens is 1. The molecule has 0 radical (unpaired) electrons. The Kier molecular flexibility index (Phi) is 3.71. The van der Waals surface area contributed by atoms with E-state index in [1.165, 1.54) is 6.20 Å². The van der Waals surface area contributed by atoms with Gasteiger partial charge >= 0.3 is 0 Å². The van der Waals surface area contributed by atoms with E-state index < -0.39 is 0 Å². The Bertz CT molecular complexity index is 600. The van der Waals surface area contributed by atoms with Crippen molar-refractivity contribution in [2.45, 2.75) is 13.8 Å². The second-order valence-electron chi connectivity index (χ2n) is 4.27. The number of ether oxygens (including phenoxy) is 1. The van der Waals surface area contributed by atoms with Gasteiger partial charge in [-0.3, -0.25) is 5.41 Å². The highest BCUT2D eigenvalue weighted by molar-refractivity contribution is 6.32. The Balaban J connectivity index is 2.24. The second kappa shape index (κ2) is 5.28. The van der Waals surface area contributed by atoms with Crippen LogP contribution in [-0.2, 0) is 0 Å². The number of benzene rings is 1. The summed E-state index contributed by atoms with van der Waals surface area (Å²) >= 11 is 6.10. The Labute approximate surface area is 116 Å². The maximum absolute atomic E-state index is 7.29. The quantitative estimate of drug-likeness (QED) is 0.666. The Morgan fingerprint density at radius 1 is 1.26 bits per heavy atom. The van der Waals surface area contributed by atoms with Crippen LogP contribution in [0.3, 0.4) is 0 Å². The van der Waals surface area contributed by atoms with E-state index in [2.05, 4.69) is 4.98 Å². The topological polar surface area (TPSA) is 72.0 Å². The number of pyridine rings is 1. The number of amidine groups is 1. The van der Waals surface area contributed by atoms with Gasteiger partial charge in [-0.15, -0.1) is 0 Å². The third-order valence-electron chi connectivity index (χ3n) is 2.68. The summed E-state index contributed by atoms with van der Waals surface area (Å²) in [5.41, 5.74) is 7.84. The van der Waals surface area contributed by atoms with Crippen molar-refractivity contribution in [3.63, 3.8) is 0 Å². The summed E-state index contributed by atoms with van der Waals surface area (Å²) in [6.07, 6.45) is 1.51. The zero-order chi connectivity index (χ0) is 14.0. The van der Waals surface area contributed by atoms with Crippen LogP contribution in [-0.4, -0.2) is 10.8 Å². The Morgan fingerprint density at radius 2 is 1.89 bits per heavy atom. The monoisotopic (exact) mass is 275 g/mol. The molecule has 1 aromatic carbocycles. The van der Waals surface area contributed by atoms with E-state index in [0.717, 1.165) is 16.1 Å². The third-order valence-corrected chi connectivity index (χ3v) is 3.28. The van der Waals surface area contributed by atoms with Crippen molar-refractivity contribution in [3.05, 3.63) is 52.2 Å². The molecule has 0 spiro atoms. The molecule has 1 heterocycles. The fraction of sp³-hybridized carbons (Fsp3) is 0.143. The lowest BCUT2D eigenvalue weighted by molar-refractivity contribution is 0.462. The average molecular weight is 276 g/mol. The first-order valence-electron chi connectivity index (χ1n) is 5.72. The molecule has 19 heavy (non-hydrogen) atoms. The smallest absolute Gasteiger partial charge is 0.219 e. The summed E-state index contributed by atoms with van der Waals surface area (Å²) < 4.78 is 5.65. The zero-order valence-electron chi connectivity index (χ0n) is 10.7. The van der Waals surface area contributed by atoms with Crippen LogP contribution in [0.25, 0.3) is 0 Å². The van der Waals surface area contributed by atoms with Crippen LogP contribution in [0.2, 0.25) is 5.02 Å². The maximum atomic E-state index is 7.29. The van der Waals surface area contributed by atoms with Gasteiger partial charge in [0.1, 0.15) is 11.6 Å². The molecular weight excluding hydrogens is 262 g/mol. The number of aromatic nitrogens is 1. The van der Waals surface area contributed by atoms with Gasteiger partial charge < -0.3 is 10.5 Å². The number of hydrogen-bond donors (Lipinski definition) is 2. The highest BCUT2D eigenvalue weighted by Crippen LogP contribution is 2.28. The van der Waals surface area contributed by atoms with Crippen molar-refractivity contribution in [2.75, 3.05) is 0 Å². The standard InChI is InChI=1S/C14H14ClN3O/c1-8-5-11(6-9(2)13(8)15)19-12-4-3-10(7-18-12)14(16)17/h3-7H,1-2H3,(H3,16,17). The Morgan fingerprint density at radius 3 is 2.37 bits per heavy atom. The van der Waals surface area contributed by atoms with Gasteiger partial charge in [-0.1, -0.05) is 11.6 Å². The van der Waals surface area contributed by atoms with Crippen LogP contribution < -0.4 is 10.5 Å². The fourth-order valence-corrected chi connectivity index (χ4v) is 1.79. The predicted molar refractivity (Wildman–Crippen MR) is 76.3 cm³/mol. The number of nitrogen functional groups attached to an aromatic ring is 1. The van der Waals surface area contributed by atoms with E-state index in [9.17, 15) is 0 Å². The number of aryl methyl sites for hydroxylation is 2. The molecule has 0 saturated carbocycles. The average Bonchev–Trinajstić information content (AvgIpc) is 2.36. The number of nitrogens with two attached hydrogens (primary N) is 1. The second-order valence-corrected chi connectivity index (χ2v) is 4.65. The molecular formula is C14H14ClN3O. The van der Waals surface area contributed by atoms with Gasteiger partial charge in [-0.05, 0) is 43.2 Å². The molecule has 0 fully saturated rings. The normalized spacial score (nSPS) is 10.3. The minimum absolute atomic E-state index is 0.0165. The predicted octanol–water partition coefficient (Wildman–Crippen LogP) is 3.43. The molecule has 0 aliphatic heterocycles. The zero-order valence-corrected chi connectivity index (χ0v) is 11.5. The van der Waals surface area contributed by atoms with E-state index in [1.807, 2.05) is 26.0 Å². The largest absolute Gasteiger partial charge is 0.439 e. The van der Waals surface area contributed by atoms with E-state index in [4.69, 9.17) is 27.5 Å². The molecule has 0 atom stereocenters. The molecule has 0 unspecified atom stereocenters. The lowest BCUT2D eigenvalue weighted by Gasteiger charge is -2.09. The highest BCUT2D eigenvalue weighted by atomic mass is 35.5. The first-order chi connectivity index (χ1) is 8.97. The summed E-state index contributed by atoms with van der Waals surface area (Å²) in [5.74, 6) is 1.12. The summed E-state index contributed by atoms with van der Waals surface area (Å²) in [6.45, 7) is 3.85. The molecule has 1 aromatic heterocycles. The lowest BCUT2D eigenvalue weighted by atomic mass is 10.1. The van der Waals surface area contributed by atoms with Crippen molar-refractivity contribution in [1.29, 1.82) is 5.41 Å². The van der Waals surface area contributed by atoms with Crippen molar-refractivity contribution in [2.24, 2.45) is 5.73 Å². The lowest BCUT2D eigenvalue weighted by Crippen LogP contribution is -2.11. The molecule has 0 bridgehead atoms. The molecule has 98 valence electrons. The van der Waals surface area contributed by atoms with E-state index in [-0.39, 0.29) is 5.84 Å². The van der Waals surface area contributed by atoms with Gasteiger partial charge in [-0.25, -0.2) is 4.98 Å². The molecule has 3 N–H and O–H groups in total. The van der Waals surface area contributed by atoms with E-state index in [1.54, 1.807) is 12.1 Å². The van der Waals surface area contributed by atoms with E-state index in [0.29, 0.717) is 17.2 Å². The van der Waals surface area contributed by atoms with Crippen molar-refractivity contribution in [3.8, 4) is 11.6 Å². The van der Waals surface area contributed by atoms with Crippen LogP contribution in [0.15, 0.2) is 30.5 Å². The first kappa shape index (κ1) is 13.4. The number of rotatable bonds is 3. The number of hydrogen-bond acceptors (Lipinski definition) is 3. The third kappa shape index (κ3) is 3.03. The molecule has 0 amide bonds. The van der Waals surface area contributed by atoms with Gasteiger partial charge in [0.15, 0.2) is 0 Å². The summed E-state index contributed by atoms with van der Waals surface area (Å²) in [5, 5.41) is 8.03. The van der Waals surface area contributed by atoms with Crippen molar-refractivity contribution in [1.82, 2.24) is 4.98 Å². The van der Waals surface area contributed by atoms with Crippen molar-refractivity contribution >= 4 is 17.4 Å². The van der Waals surface area contributed by atoms with Gasteiger partial charge in [-0.2, -0.15) is 0 Å². The van der Waals surface area contributed by atoms with Gasteiger partial charge in [0, 0.05) is 22.8 Å². The summed E-state index contributed by atoms with van der Waals surface area (Å²) in [7, 11) is 0. The molecule has 2 aromatic rings. The minimum Gasteiger partial charge on any atom is -0.439 e. The van der Waals surface area contributed by atoms with Crippen LogP contribution in [0.4, 0.5) is 0 Å². The number of nitrogens with zero attached hydrogens (tertiary/aromatic N) is 1. The van der Waals surface area contributed by atoms with Crippen LogP contribution in [0.1, 0.15) is 16.7 Å². The van der Waals surface area contributed by atoms with Crippen LogP contribution >= 0.6 is 11.6 Å². The fourth-order valence-electron chi connectivity index (χ4n) is 1.69. The molecule has 5 heteroatoms. The highest BCUT2D eigenvalue weighted by Gasteiger charge is 2.05. The summed E-state index contributed by atoms with van der Waals surface area (Å²) in [6, 6.07) is 7.09. The summed E-state index contributed by atoms with van der Waals surface area (Å²) in [4.78, 5) is 4.10. The maximum Gasteiger partial charge on any atom is 0.219 e. The minimum atomic E-state index is -0.0165. The Hall–Kier alpha value is -2.07. The van der Waals surface area contributed by atoms with Crippen molar-refractivity contribution < 1.29 is 4.74 Å². The van der Waals surface area contributed by atoms with Gasteiger partial charge in [0.05, 0.1) is 0 Å². The first-order valence-corrected chi connectivity index (χ1v) is 6.10.